The zero-order chi connectivity index (χ0) is 17.5. The number of amides is 1. The smallest absolute Gasteiger partial charge is 0.251 e. The third kappa shape index (κ3) is 2.70. The lowest BCUT2D eigenvalue weighted by atomic mass is 10.1. The van der Waals surface area contributed by atoms with Gasteiger partial charge in [-0.15, -0.1) is 0 Å². The van der Waals surface area contributed by atoms with Gasteiger partial charge in [-0.1, -0.05) is 35.6 Å². The fraction of sp³-hybridized carbons (Fsp3) is 0.143. The Morgan fingerprint density at radius 3 is 2.50 bits per heavy atom. The van der Waals surface area contributed by atoms with Crippen LogP contribution in [0.1, 0.15) is 21.5 Å². The third-order valence-corrected chi connectivity index (χ3v) is 5.88. The zero-order valence-corrected chi connectivity index (χ0v) is 14.9. The fourth-order valence-electron chi connectivity index (χ4n) is 3.56. The molecule has 4 nitrogen and oxygen atoms in total. The van der Waals surface area contributed by atoms with E-state index in [1.54, 1.807) is 11.3 Å². The van der Waals surface area contributed by atoms with Gasteiger partial charge in [-0.2, -0.15) is 0 Å². The standard InChI is InChI=1S/C21H17N3OS/c25-20(22-17-11-14-5-1-2-6-15(14)12-17)16-7-8-18-19(13-16)26-21(23-18)24-9-3-4-10-24/h1-10,13,17H,11-12H2,(H,22,25). The minimum absolute atomic E-state index is 0.0133. The second-order valence-corrected chi connectivity index (χ2v) is 7.63. The van der Waals surface area contributed by atoms with E-state index in [2.05, 4.69) is 34.6 Å². The van der Waals surface area contributed by atoms with E-state index in [0.29, 0.717) is 5.56 Å². The van der Waals surface area contributed by atoms with Crippen LogP contribution in [0.4, 0.5) is 0 Å². The summed E-state index contributed by atoms with van der Waals surface area (Å²) in [6, 6.07) is 18.3. The van der Waals surface area contributed by atoms with E-state index in [1.165, 1.54) is 11.1 Å². The molecule has 0 bridgehead atoms. The van der Waals surface area contributed by atoms with E-state index in [-0.39, 0.29) is 11.9 Å². The van der Waals surface area contributed by atoms with Crippen LogP contribution in [0, 0.1) is 0 Å². The summed E-state index contributed by atoms with van der Waals surface area (Å²) in [7, 11) is 0. The van der Waals surface area contributed by atoms with Crippen molar-refractivity contribution in [2.45, 2.75) is 18.9 Å². The van der Waals surface area contributed by atoms with Crippen molar-refractivity contribution in [3.05, 3.63) is 83.7 Å². The van der Waals surface area contributed by atoms with Gasteiger partial charge < -0.3 is 9.88 Å². The first-order chi connectivity index (χ1) is 12.8. The number of benzene rings is 2. The van der Waals surface area contributed by atoms with E-state index in [0.717, 1.165) is 28.2 Å². The summed E-state index contributed by atoms with van der Waals surface area (Å²) in [5, 5.41) is 4.09. The SMILES string of the molecule is O=C(NC1Cc2ccccc2C1)c1ccc2nc(-n3cccc3)sc2c1. The van der Waals surface area contributed by atoms with Crippen molar-refractivity contribution in [3.8, 4) is 5.13 Å². The number of aromatic nitrogens is 2. The first-order valence-electron chi connectivity index (χ1n) is 8.68. The zero-order valence-electron chi connectivity index (χ0n) is 14.1. The first-order valence-corrected chi connectivity index (χ1v) is 9.49. The summed E-state index contributed by atoms with van der Waals surface area (Å²) in [6.07, 6.45) is 5.76. The normalized spacial score (nSPS) is 13.8. The van der Waals surface area contributed by atoms with Gasteiger partial charge in [0.15, 0.2) is 5.13 Å². The van der Waals surface area contributed by atoms with Crippen LogP contribution in [0.15, 0.2) is 67.0 Å². The van der Waals surface area contributed by atoms with E-state index in [1.807, 2.05) is 47.3 Å². The van der Waals surface area contributed by atoms with E-state index < -0.39 is 0 Å². The molecule has 1 aliphatic rings. The average Bonchev–Trinajstić information content (AvgIpc) is 3.38. The maximum atomic E-state index is 12.7. The summed E-state index contributed by atoms with van der Waals surface area (Å²) in [5.74, 6) is -0.0133. The maximum absolute atomic E-state index is 12.7. The van der Waals surface area contributed by atoms with Crippen molar-refractivity contribution in [3.63, 3.8) is 0 Å². The van der Waals surface area contributed by atoms with Crippen molar-refractivity contribution < 1.29 is 4.79 Å². The quantitative estimate of drug-likeness (QED) is 0.601. The molecule has 5 rings (SSSR count). The van der Waals surface area contributed by atoms with Gasteiger partial charge in [0.1, 0.15) is 0 Å². The molecule has 0 aliphatic heterocycles. The Balaban J connectivity index is 1.36. The van der Waals surface area contributed by atoms with Crippen molar-refractivity contribution in [1.29, 1.82) is 0 Å². The number of thiazole rings is 1. The van der Waals surface area contributed by atoms with Crippen LogP contribution in [0.5, 0.6) is 0 Å². The molecule has 2 aromatic carbocycles. The van der Waals surface area contributed by atoms with Gasteiger partial charge in [0.25, 0.3) is 5.91 Å². The summed E-state index contributed by atoms with van der Waals surface area (Å²) >= 11 is 1.59. The fourth-order valence-corrected chi connectivity index (χ4v) is 4.53. The van der Waals surface area contributed by atoms with Gasteiger partial charge in [0, 0.05) is 24.0 Å². The molecule has 0 fully saturated rings. The summed E-state index contributed by atoms with van der Waals surface area (Å²) in [6.45, 7) is 0. The van der Waals surface area contributed by atoms with Crippen molar-refractivity contribution >= 4 is 27.5 Å². The van der Waals surface area contributed by atoms with Gasteiger partial charge >= 0.3 is 0 Å². The van der Waals surface area contributed by atoms with Gasteiger partial charge in [-0.3, -0.25) is 4.79 Å². The highest BCUT2D eigenvalue weighted by molar-refractivity contribution is 7.20. The van der Waals surface area contributed by atoms with Gasteiger partial charge in [0.05, 0.1) is 10.2 Å². The van der Waals surface area contributed by atoms with Crippen molar-refractivity contribution in [1.82, 2.24) is 14.9 Å². The van der Waals surface area contributed by atoms with Crippen LogP contribution >= 0.6 is 11.3 Å². The topological polar surface area (TPSA) is 46.9 Å². The second kappa shape index (κ2) is 6.11. The lowest BCUT2D eigenvalue weighted by molar-refractivity contribution is 0.0939. The predicted octanol–water partition coefficient (Wildman–Crippen LogP) is 3.98. The number of rotatable bonds is 3. The number of carbonyl (C=O) groups is 1. The van der Waals surface area contributed by atoms with Crippen LogP contribution in [0.25, 0.3) is 15.3 Å². The maximum Gasteiger partial charge on any atom is 0.251 e. The summed E-state index contributed by atoms with van der Waals surface area (Å²) < 4.78 is 3.01. The number of carbonyl (C=O) groups excluding carboxylic acids is 1. The number of hydrogen-bond acceptors (Lipinski definition) is 3. The molecule has 26 heavy (non-hydrogen) atoms. The molecule has 1 amide bonds. The molecule has 1 N–H and O–H groups in total. The van der Waals surface area contributed by atoms with Crippen LogP contribution in [-0.4, -0.2) is 21.5 Å². The van der Waals surface area contributed by atoms with Crippen LogP contribution in [0.3, 0.4) is 0 Å². The lowest BCUT2D eigenvalue weighted by Crippen LogP contribution is -2.35. The molecule has 5 heteroatoms. The van der Waals surface area contributed by atoms with Gasteiger partial charge in [0.2, 0.25) is 0 Å². The molecule has 0 spiro atoms. The number of nitrogens with zero attached hydrogens (tertiary/aromatic N) is 2. The second-order valence-electron chi connectivity index (χ2n) is 6.62. The number of fused-ring (bicyclic) bond motifs is 2. The van der Waals surface area contributed by atoms with Crippen LogP contribution in [0.2, 0.25) is 0 Å². The number of hydrogen-bond donors (Lipinski definition) is 1. The Bertz CT molecular complexity index is 1070. The predicted molar refractivity (Wildman–Crippen MR) is 104 cm³/mol. The largest absolute Gasteiger partial charge is 0.349 e. The highest BCUT2D eigenvalue weighted by atomic mass is 32.1. The molecule has 4 aromatic rings. The Kier molecular flexibility index (Phi) is 3.60. The lowest BCUT2D eigenvalue weighted by Gasteiger charge is -2.12. The highest BCUT2D eigenvalue weighted by Crippen LogP contribution is 2.26. The molecule has 2 heterocycles. The van der Waals surface area contributed by atoms with Crippen LogP contribution in [-0.2, 0) is 12.8 Å². The monoisotopic (exact) mass is 359 g/mol. The highest BCUT2D eigenvalue weighted by Gasteiger charge is 2.23. The van der Waals surface area contributed by atoms with Crippen molar-refractivity contribution in [2.24, 2.45) is 0 Å². The molecule has 0 saturated heterocycles. The van der Waals surface area contributed by atoms with Crippen molar-refractivity contribution in [2.75, 3.05) is 0 Å². The molecule has 128 valence electrons. The minimum atomic E-state index is -0.0133. The molecule has 0 atom stereocenters. The average molecular weight is 359 g/mol. The molecule has 2 aromatic heterocycles. The van der Waals surface area contributed by atoms with E-state index >= 15 is 0 Å². The van der Waals surface area contributed by atoms with Gasteiger partial charge in [-0.25, -0.2) is 4.98 Å². The molecule has 1 aliphatic carbocycles. The Labute approximate surface area is 155 Å². The van der Waals surface area contributed by atoms with Gasteiger partial charge in [-0.05, 0) is 54.3 Å². The summed E-state index contributed by atoms with van der Waals surface area (Å²) in [5.41, 5.74) is 4.29. The van der Waals surface area contributed by atoms with E-state index in [9.17, 15) is 4.79 Å². The molecule has 0 saturated carbocycles. The Hall–Kier alpha value is -2.92. The molecule has 0 radical (unpaired) electrons. The molecular formula is C21H17N3OS. The third-order valence-electron chi connectivity index (χ3n) is 4.85. The Morgan fingerprint density at radius 2 is 1.77 bits per heavy atom. The number of nitrogens with one attached hydrogen (secondary N) is 1. The summed E-state index contributed by atoms with van der Waals surface area (Å²) in [4.78, 5) is 17.3. The minimum Gasteiger partial charge on any atom is -0.349 e. The van der Waals surface area contributed by atoms with E-state index in [4.69, 9.17) is 0 Å². The molecular weight excluding hydrogens is 342 g/mol. The molecule has 0 unspecified atom stereocenters. The Morgan fingerprint density at radius 1 is 1.04 bits per heavy atom. The van der Waals surface area contributed by atoms with Crippen LogP contribution < -0.4 is 5.32 Å². The first kappa shape index (κ1) is 15.3.